The summed E-state index contributed by atoms with van der Waals surface area (Å²) in [7, 11) is 1.73. The van der Waals surface area contributed by atoms with Crippen LogP contribution in [0.5, 0.6) is 0 Å². The standard InChI is InChI=1S/C13H20N6O/c1-13(2,3)17-12(14-4)15-8-10-16-11(19-18-10)9-6-5-7-20-9/h5-7H,8H2,1-4H3,(H2,14,15,17)(H,16,18,19). The van der Waals surface area contributed by atoms with Gasteiger partial charge in [0.25, 0.3) is 0 Å². The lowest BCUT2D eigenvalue weighted by atomic mass is 10.1. The Hall–Kier alpha value is -2.31. The third-order valence-corrected chi connectivity index (χ3v) is 2.41. The number of H-pyrrole nitrogens is 1. The summed E-state index contributed by atoms with van der Waals surface area (Å²) >= 11 is 0. The zero-order chi connectivity index (χ0) is 14.6. The number of aromatic amines is 1. The van der Waals surface area contributed by atoms with E-state index in [2.05, 4.69) is 51.6 Å². The molecule has 3 N–H and O–H groups in total. The van der Waals surface area contributed by atoms with Gasteiger partial charge in [-0.3, -0.25) is 10.1 Å². The Balaban J connectivity index is 1.94. The molecule has 0 aromatic carbocycles. The van der Waals surface area contributed by atoms with Gasteiger partial charge in [-0.25, -0.2) is 4.98 Å². The molecular formula is C13H20N6O. The second-order valence-corrected chi connectivity index (χ2v) is 5.38. The molecule has 7 nitrogen and oxygen atoms in total. The Labute approximate surface area is 117 Å². The van der Waals surface area contributed by atoms with Crippen LogP contribution in [-0.4, -0.2) is 33.7 Å². The molecule has 0 radical (unpaired) electrons. The summed E-state index contributed by atoms with van der Waals surface area (Å²) in [5.41, 5.74) is -0.0530. The molecule has 0 aliphatic heterocycles. The van der Waals surface area contributed by atoms with E-state index in [4.69, 9.17) is 4.42 Å². The van der Waals surface area contributed by atoms with E-state index in [1.54, 1.807) is 19.4 Å². The average molecular weight is 276 g/mol. The van der Waals surface area contributed by atoms with Gasteiger partial charge >= 0.3 is 0 Å². The van der Waals surface area contributed by atoms with Crippen molar-refractivity contribution < 1.29 is 4.42 Å². The van der Waals surface area contributed by atoms with Gasteiger partial charge in [0.2, 0.25) is 5.82 Å². The molecule has 0 aliphatic rings. The summed E-state index contributed by atoms with van der Waals surface area (Å²) in [4.78, 5) is 8.51. The minimum atomic E-state index is -0.0530. The minimum absolute atomic E-state index is 0.0530. The van der Waals surface area contributed by atoms with Crippen molar-refractivity contribution in [3.63, 3.8) is 0 Å². The third kappa shape index (κ3) is 3.84. The minimum Gasteiger partial charge on any atom is -0.461 e. The molecule has 0 amide bonds. The van der Waals surface area contributed by atoms with E-state index in [0.29, 0.717) is 29.9 Å². The van der Waals surface area contributed by atoms with Gasteiger partial charge in [-0.2, -0.15) is 0 Å². The molecule has 0 saturated heterocycles. The zero-order valence-corrected chi connectivity index (χ0v) is 12.2. The summed E-state index contributed by atoms with van der Waals surface area (Å²) in [5, 5.41) is 13.4. The largest absolute Gasteiger partial charge is 0.461 e. The van der Waals surface area contributed by atoms with Crippen LogP contribution in [0.15, 0.2) is 27.8 Å². The Bertz CT molecular complexity index is 564. The molecule has 108 valence electrons. The van der Waals surface area contributed by atoms with Gasteiger partial charge in [0, 0.05) is 12.6 Å². The van der Waals surface area contributed by atoms with Gasteiger partial charge in [-0.1, -0.05) is 0 Å². The van der Waals surface area contributed by atoms with Crippen LogP contribution in [0, 0.1) is 0 Å². The molecule has 0 atom stereocenters. The van der Waals surface area contributed by atoms with E-state index in [1.807, 2.05) is 6.07 Å². The van der Waals surface area contributed by atoms with Crippen molar-refractivity contribution in [1.82, 2.24) is 25.8 Å². The summed E-state index contributed by atoms with van der Waals surface area (Å²) < 4.78 is 5.24. The molecule has 0 saturated carbocycles. The zero-order valence-electron chi connectivity index (χ0n) is 12.2. The van der Waals surface area contributed by atoms with Crippen LogP contribution in [0.2, 0.25) is 0 Å². The van der Waals surface area contributed by atoms with E-state index in [1.165, 1.54) is 0 Å². The van der Waals surface area contributed by atoms with Crippen molar-refractivity contribution in [3.05, 3.63) is 24.2 Å². The molecule has 2 rings (SSSR count). The van der Waals surface area contributed by atoms with Crippen LogP contribution in [-0.2, 0) is 6.54 Å². The molecule has 0 spiro atoms. The van der Waals surface area contributed by atoms with Crippen molar-refractivity contribution in [2.24, 2.45) is 4.99 Å². The summed E-state index contributed by atoms with van der Waals surface area (Å²) in [6.45, 7) is 6.72. The topological polar surface area (TPSA) is 91.1 Å². The van der Waals surface area contributed by atoms with Crippen LogP contribution >= 0.6 is 0 Å². The van der Waals surface area contributed by atoms with Crippen molar-refractivity contribution in [2.75, 3.05) is 7.05 Å². The Morgan fingerprint density at radius 1 is 1.45 bits per heavy atom. The van der Waals surface area contributed by atoms with Crippen LogP contribution in [0.1, 0.15) is 26.6 Å². The quantitative estimate of drug-likeness (QED) is 0.584. The maximum Gasteiger partial charge on any atom is 0.216 e. The molecule has 2 aromatic heterocycles. The van der Waals surface area contributed by atoms with Gasteiger partial charge in [0.1, 0.15) is 5.82 Å². The van der Waals surface area contributed by atoms with E-state index in [9.17, 15) is 0 Å². The Morgan fingerprint density at radius 3 is 2.85 bits per heavy atom. The van der Waals surface area contributed by atoms with Gasteiger partial charge in [0.15, 0.2) is 11.7 Å². The molecule has 0 bridgehead atoms. The third-order valence-electron chi connectivity index (χ3n) is 2.41. The predicted octanol–water partition coefficient (Wildman–Crippen LogP) is 1.53. The molecular weight excluding hydrogens is 256 g/mol. The average Bonchev–Trinajstić information content (AvgIpc) is 3.03. The molecule has 0 fully saturated rings. The first-order chi connectivity index (χ1) is 9.48. The maximum atomic E-state index is 5.24. The number of nitrogens with one attached hydrogen (secondary N) is 3. The fraction of sp³-hybridized carbons (Fsp3) is 0.462. The first-order valence-electron chi connectivity index (χ1n) is 6.42. The fourth-order valence-corrected chi connectivity index (χ4v) is 1.59. The van der Waals surface area contributed by atoms with Crippen molar-refractivity contribution in [2.45, 2.75) is 32.9 Å². The first-order valence-corrected chi connectivity index (χ1v) is 6.42. The molecule has 0 aliphatic carbocycles. The monoisotopic (exact) mass is 276 g/mol. The second-order valence-electron chi connectivity index (χ2n) is 5.38. The van der Waals surface area contributed by atoms with Gasteiger partial charge in [-0.15, -0.1) is 5.10 Å². The molecule has 2 heterocycles. The number of hydrogen-bond donors (Lipinski definition) is 3. The smallest absolute Gasteiger partial charge is 0.216 e. The van der Waals surface area contributed by atoms with Gasteiger partial charge < -0.3 is 15.1 Å². The lowest BCUT2D eigenvalue weighted by Gasteiger charge is -2.23. The number of aliphatic imine (C=N–C) groups is 1. The van der Waals surface area contributed by atoms with E-state index in [0.717, 1.165) is 0 Å². The van der Waals surface area contributed by atoms with Crippen molar-refractivity contribution >= 4 is 5.96 Å². The summed E-state index contributed by atoms with van der Waals surface area (Å²) in [5.74, 6) is 2.62. The summed E-state index contributed by atoms with van der Waals surface area (Å²) in [6, 6.07) is 3.62. The maximum absolute atomic E-state index is 5.24. The van der Waals surface area contributed by atoms with E-state index in [-0.39, 0.29) is 5.54 Å². The predicted molar refractivity (Wildman–Crippen MR) is 77.2 cm³/mol. The van der Waals surface area contributed by atoms with E-state index < -0.39 is 0 Å². The number of aromatic nitrogens is 3. The number of hydrogen-bond acceptors (Lipinski definition) is 4. The van der Waals surface area contributed by atoms with Crippen molar-refractivity contribution in [3.8, 4) is 11.6 Å². The Kier molecular flexibility index (Phi) is 4.07. The number of nitrogens with zero attached hydrogens (tertiary/aromatic N) is 3. The SMILES string of the molecule is CN=C(NCc1nc(-c2ccco2)n[nH]1)NC(C)(C)C. The molecule has 7 heteroatoms. The van der Waals surface area contributed by atoms with Crippen molar-refractivity contribution in [1.29, 1.82) is 0 Å². The highest BCUT2D eigenvalue weighted by molar-refractivity contribution is 5.80. The van der Waals surface area contributed by atoms with Crippen LogP contribution < -0.4 is 10.6 Å². The van der Waals surface area contributed by atoms with Crippen LogP contribution in [0.4, 0.5) is 0 Å². The lowest BCUT2D eigenvalue weighted by molar-refractivity contribution is 0.500. The molecule has 2 aromatic rings. The molecule has 20 heavy (non-hydrogen) atoms. The number of guanidine groups is 1. The molecule has 0 unspecified atom stereocenters. The summed E-state index contributed by atoms with van der Waals surface area (Å²) in [6.07, 6.45) is 1.60. The fourth-order valence-electron chi connectivity index (χ4n) is 1.59. The normalized spacial score (nSPS) is 12.5. The highest BCUT2D eigenvalue weighted by Crippen LogP contribution is 2.14. The Morgan fingerprint density at radius 2 is 2.25 bits per heavy atom. The van der Waals surface area contributed by atoms with E-state index >= 15 is 0 Å². The first kappa shape index (κ1) is 14.1. The number of rotatable bonds is 3. The highest BCUT2D eigenvalue weighted by atomic mass is 16.3. The van der Waals surface area contributed by atoms with Crippen LogP contribution in [0.3, 0.4) is 0 Å². The second kappa shape index (κ2) is 5.77. The van der Waals surface area contributed by atoms with Crippen LogP contribution in [0.25, 0.3) is 11.6 Å². The van der Waals surface area contributed by atoms with Gasteiger partial charge in [0.05, 0.1) is 12.8 Å². The lowest BCUT2D eigenvalue weighted by Crippen LogP contribution is -2.47. The van der Waals surface area contributed by atoms with Gasteiger partial charge in [-0.05, 0) is 32.9 Å². The number of furan rings is 1. The highest BCUT2D eigenvalue weighted by Gasteiger charge is 2.13.